The number of nitriles is 1. The molecule has 2 rings (SSSR count). The van der Waals surface area contributed by atoms with Crippen LogP contribution in [0.1, 0.15) is 6.42 Å². The average molecular weight is 218 g/mol. The molecule has 1 aliphatic rings. The topological polar surface area (TPSA) is 54.3 Å². The average Bonchev–Trinajstić information content (AvgIpc) is 2.80. The maximum Gasteiger partial charge on any atom is 0.174 e. The molecule has 0 radical (unpaired) electrons. The molecular formula is C12H14N2O2. The fraction of sp³-hybridized carbons (Fsp3) is 0.417. The summed E-state index contributed by atoms with van der Waals surface area (Å²) >= 11 is 0. The Bertz CT molecular complexity index is 381. The van der Waals surface area contributed by atoms with E-state index in [4.69, 9.17) is 14.7 Å². The third-order valence-electron chi connectivity index (χ3n) is 2.44. The highest BCUT2D eigenvalue weighted by molar-refractivity contribution is 5.49. The van der Waals surface area contributed by atoms with Gasteiger partial charge in [-0.1, -0.05) is 6.07 Å². The van der Waals surface area contributed by atoms with Crippen LogP contribution >= 0.6 is 0 Å². The van der Waals surface area contributed by atoms with Crippen LogP contribution in [0.25, 0.3) is 0 Å². The molecule has 1 fully saturated rings. The Morgan fingerprint density at radius 2 is 2.50 bits per heavy atom. The van der Waals surface area contributed by atoms with Crippen molar-refractivity contribution in [2.24, 2.45) is 0 Å². The maximum absolute atomic E-state index is 8.42. The molecule has 1 aromatic rings. The van der Waals surface area contributed by atoms with Crippen LogP contribution in [-0.2, 0) is 4.74 Å². The minimum Gasteiger partial charge on any atom is -0.479 e. The summed E-state index contributed by atoms with van der Waals surface area (Å²) < 4.78 is 10.5. The van der Waals surface area contributed by atoms with Crippen molar-refractivity contribution in [2.45, 2.75) is 12.5 Å². The smallest absolute Gasteiger partial charge is 0.174 e. The summed E-state index contributed by atoms with van der Waals surface area (Å²) in [4.78, 5) is 0. The summed E-state index contributed by atoms with van der Waals surface area (Å²) in [7, 11) is 0. The molecule has 1 aromatic carbocycles. The second kappa shape index (κ2) is 5.38. The van der Waals surface area contributed by atoms with Gasteiger partial charge in [0, 0.05) is 18.4 Å². The van der Waals surface area contributed by atoms with E-state index in [1.165, 1.54) is 0 Å². The Morgan fingerprint density at radius 1 is 1.56 bits per heavy atom. The quantitative estimate of drug-likeness (QED) is 0.837. The lowest BCUT2D eigenvalue weighted by Gasteiger charge is -2.12. The van der Waals surface area contributed by atoms with Crippen molar-refractivity contribution in [3.05, 3.63) is 24.3 Å². The lowest BCUT2D eigenvalue weighted by molar-refractivity contribution is 0.195. The Kier molecular flexibility index (Phi) is 3.62. The summed E-state index contributed by atoms with van der Waals surface area (Å²) in [6.07, 6.45) is 1.03. The van der Waals surface area contributed by atoms with Crippen LogP contribution in [0.4, 0.5) is 5.69 Å². The molecule has 0 saturated carbocycles. The van der Waals surface area contributed by atoms with E-state index in [0.29, 0.717) is 11.8 Å². The van der Waals surface area contributed by atoms with Gasteiger partial charge in [-0.05, 0) is 18.6 Å². The van der Waals surface area contributed by atoms with Crippen molar-refractivity contribution in [2.75, 3.05) is 25.1 Å². The summed E-state index contributed by atoms with van der Waals surface area (Å²) in [5, 5.41) is 11.8. The highest BCUT2D eigenvalue weighted by atomic mass is 16.5. The van der Waals surface area contributed by atoms with Crippen molar-refractivity contribution in [3.63, 3.8) is 0 Å². The van der Waals surface area contributed by atoms with Crippen molar-refractivity contribution in [3.8, 4) is 11.8 Å². The number of hydrogen-bond donors (Lipinski definition) is 1. The summed E-state index contributed by atoms with van der Waals surface area (Å²) in [6.45, 7) is 1.65. The number of benzene rings is 1. The van der Waals surface area contributed by atoms with E-state index in [1.54, 1.807) is 0 Å². The van der Waals surface area contributed by atoms with E-state index in [2.05, 4.69) is 5.32 Å². The number of rotatable bonds is 4. The second-order valence-electron chi connectivity index (χ2n) is 3.68. The van der Waals surface area contributed by atoms with E-state index >= 15 is 0 Å². The van der Waals surface area contributed by atoms with Gasteiger partial charge in [-0.25, -0.2) is 0 Å². The molecule has 0 aromatic heterocycles. The molecule has 4 nitrogen and oxygen atoms in total. The molecule has 0 amide bonds. The number of nitrogens with one attached hydrogen (secondary N) is 1. The molecule has 1 aliphatic heterocycles. The molecule has 84 valence electrons. The van der Waals surface area contributed by atoms with E-state index in [0.717, 1.165) is 25.3 Å². The Hall–Kier alpha value is -1.73. The standard InChI is InChI=1S/C12H14N2O2/c13-5-7-16-12-3-1-2-10(8-12)14-11-4-6-15-9-11/h1-3,8,11,14H,4,6-7,9H2. The van der Waals surface area contributed by atoms with Gasteiger partial charge in [0.1, 0.15) is 11.8 Å². The first-order chi connectivity index (χ1) is 7.88. The molecule has 4 heteroatoms. The summed E-state index contributed by atoms with van der Waals surface area (Å²) in [5.41, 5.74) is 1.01. The zero-order valence-corrected chi connectivity index (χ0v) is 8.98. The maximum atomic E-state index is 8.42. The van der Waals surface area contributed by atoms with Gasteiger partial charge in [0.05, 0.1) is 12.6 Å². The predicted molar refractivity (Wildman–Crippen MR) is 60.4 cm³/mol. The number of nitrogens with zero attached hydrogens (tertiary/aromatic N) is 1. The fourth-order valence-corrected chi connectivity index (χ4v) is 1.68. The summed E-state index contributed by atoms with van der Waals surface area (Å²) in [6, 6.07) is 9.96. The van der Waals surface area contributed by atoms with Crippen LogP contribution in [0.3, 0.4) is 0 Å². The van der Waals surface area contributed by atoms with Crippen LogP contribution in [0.15, 0.2) is 24.3 Å². The molecule has 0 aliphatic carbocycles. The van der Waals surface area contributed by atoms with Crippen molar-refractivity contribution in [1.82, 2.24) is 0 Å². The first-order valence-electron chi connectivity index (χ1n) is 5.32. The third-order valence-corrected chi connectivity index (χ3v) is 2.44. The van der Waals surface area contributed by atoms with Gasteiger partial charge in [0.15, 0.2) is 6.61 Å². The molecule has 1 heterocycles. The number of hydrogen-bond acceptors (Lipinski definition) is 4. The molecule has 1 unspecified atom stereocenters. The molecule has 0 spiro atoms. The largest absolute Gasteiger partial charge is 0.479 e. The van der Waals surface area contributed by atoms with Crippen molar-refractivity contribution in [1.29, 1.82) is 5.26 Å². The van der Waals surface area contributed by atoms with Crippen molar-refractivity contribution < 1.29 is 9.47 Å². The van der Waals surface area contributed by atoms with Crippen molar-refractivity contribution >= 4 is 5.69 Å². The molecule has 0 bridgehead atoms. The van der Waals surface area contributed by atoms with E-state index in [9.17, 15) is 0 Å². The first-order valence-corrected chi connectivity index (χ1v) is 5.32. The van der Waals surface area contributed by atoms with Crippen LogP contribution in [0, 0.1) is 11.3 Å². The molecular weight excluding hydrogens is 204 g/mol. The fourth-order valence-electron chi connectivity index (χ4n) is 1.68. The second-order valence-corrected chi connectivity index (χ2v) is 3.68. The van der Waals surface area contributed by atoms with Gasteiger partial charge in [0.25, 0.3) is 0 Å². The highest BCUT2D eigenvalue weighted by Crippen LogP contribution is 2.19. The Morgan fingerprint density at radius 3 is 3.25 bits per heavy atom. The van der Waals surface area contributed by atoms with Gasteiger partial charge in [-0.15, -0.1) is 0 Å². The lowest BCUT2D eigenvalue weighted by atomic mass is 10.2. The molecule has 16 heavy (non-hydrogen) atoms. The lowest BCUT2D eigenvalue weighted by Crippen LogP contribution is -2.18. The van der Waals surface area contributed by atoms with E-state index < -0.39 is 0 Å². The molecule has 1 N–H and O–H groups in total. The minimum atomic E-state index is 0.0794. The SMILES string of the molecule is N#CCOc1cccc(NC2CCOC2)c1. The van der Waals surface area contributed by atoms with Gasteiger partial charge in [-0.3, -0.25) is 0 Å². The number of anilines is 1. The Labute approximate surface area is 94.8 Å². The van der Waals surface area contributed by atoms with E-state index in [1.807, 2.05) is 30.3 Å². The normalized spacial score (nSPS) is 19.1. The van der Waals surface area contributed by atoms with Crippen LogP contribution in [0.5, 0.6) is 5.75 Å². The van der Waals surface area contributed by atoms with Gasteiger partial charge in [0.2, 0.25) is 0 Å². The number of ether oxygens (including phenoxy) is 2. The van der Waals surface area contributed by atoms with Gasteiger partial charge >= 0.3 is 0 Å². The van der Waals surface area contributed by atoms with Crippen LogP contribution in [-0.4, -0.2) is 25.9 Å². The predicted octanol–water partition coefficient (Wildman–Crippen LogP) is 1.79. The van der Waals surface area contributed by atoms with Gasteiger partial charge < -0.3 is 14.8 Å². The van der Waals surface area contributed by atoms with E-state index in [-0.39, 0.29) is 6.61 Å². The molecule has 1 saturated heterocycles. The zero-order valence-electron chi connectivity index (χ0n) is 8.98. The highest BCUT2D eigenvalue weighted by Gasteiger charge is 2.14. The Balaban J connectivity index is 1.95. The van der Waals surface area contributed by atoms with Crippen LogP contribution in [0.2, 0.25) is 0 Å². The zero-order chi connectivity index (χ0) is 11.2. The summed E-state index contributed by atoms with van der Waals surface area (Å²) in [5.74, 6) is 0.713. The third kappa shape index (κ3) is 2.88. The van der Waals surface area contributed by atoms with Gasteiger partial charge in [-0.2, -0.15) is 5.26 Å². The minimum absolute atomic E-state index is 0.0794. The monoisotopic (exact) mass is 218 g/mol. The first kappa shape index (κ1) is 10.8. The molecule has 1 atom stereocenters. The van der Waals surface area contributed by atoms with Crippen LogP contribution < -0.4 is 10.1 Å².